The van der Waals surface area contributed by atoms with Crippen LogP contribution in [-0.2, 0) is 16.1 Å². The van der Waals surface area contributed by atoms with Crippen molar-refractivity contribution >= 4 is 34.2 Å². The zero-order valence-corrected chi connectivity index (χ0v) is 13.8. The third-order valence-corrected chi connectivity index (χ3v) is 4.16. The lowest BCUT2D eigenvalue weighted by atomic mass is 10.1. The topological polar surface area (TPSA) is 55.6 Å². The van der Waals surface area contributed by atoms with Crippen molar-refractivity contribution in [3.05, 3.63) is 34.3 Å². The van der Waals surface area contributed by atoms with Gasteiger partial charge in [-0.2, -0.15) is 0 Å². The number of hydrogen-bond donors (Lipinski definition) is 1. The van der Waals surface area contributed by atoms with E-state index in [0.29, 0.717) is 13.1 Å². The number of nitrogens with two attached hydrogens (primary N) is 1. The third-order valence-electron chi connectivity index (χ3n) is 3.39. The fourth-order valence-corrected chi connectivity index (χ4v) is 2.68. The van der Waals surface area contributed by atoms with Gasteiger partial charge in [-0.15, -0.1) is 12.4 Å². The maximum atomic E-state index is 12.3. The van der Waals surface area contributed by atoms with E-state index in [1.807, 2.05) is 24.3 Å². The molecule has 0 spiro atoms. The van der Waals surface area contributed by atoms with Gasteiger partial charge in [-0.05, 0) is 24.5 Å². The molecule has 0 unspecified atom stereocenters. The van der Waals surface area contributed by atoms with Crippen LogP contribution in [0.25, 0.3) is 0 Å². The van der Waals surface area contributed by atoms with Crippen LogP contribution in [0.5, 0.6) is 0 Å². The molecule has 0 aliphatic carbocycles. The summed E-state index contributed by atoms with van der Waals surface area (Å²) in [6.45, 7) is 1.06. The van der Waals surface area contributed by atoms with E-state index < -0.39 is 0 Å². The molecule has 1 aliphatic heterocycles. The summed E-state index contributed by atoms with van der Waals surface area (Å²) in [5, 5.41) is 0. The number of carbonyl (C=O) groups is 1. The van der Waals surface area contributed by atoms with Gasteiger partial charge in [0.1, 0.15) is 6.10 Å². The molecular weight excluding hydrogens is 344 g/mol. The number of rotatable bonds is 4. The normalized spacial score (nSPS) is 21.4. The average Bonchev–Trinajstić information content (AvgIpc) is 2.89. The highest BCUT2D eigenvalue weighted by Crippen LogP contribution is 2.22. The second-order valence-electron chi connectivity index (χ2n) is 4.85. The van der Waals surface area contributed by atoms with Gasteiger partial charge in [-0.1, -0.05) is 34.1 Å². The maximum absolute atomic E-state index is 12.3. The van der Waals surface area contributed by atoms with Crippen molar-refractivity contribution in [2.75, 3.05) is 13.6 Å². The van der Waals surface area contributed by atoms with Crippen LogP contribution in [0.4, 0.5) is 0 Å². The van der Waals surface area contributed by atoms with E-state index in [0.717, 1.165) is 22.9 Å². The number of carbonyl (C=O) groups excluding carboxylic acids is 1. The van der Waals surface area contributed by atoms with E-state index in [4.69, 9.17) is 10.5 Å². The van der Waals surface area contributed by atoms with Crippen LogP contribution in [0, 0.1) is 0 Å². The standard InChI is InChI=1S/C14H19BrN2O2.ClH/c1-17(9-10-4-2-3-5-12(10)15)14(18)13-7-6-11(8-16)19-13;/h2-5,11,13H,6-9,16H2,1H3;1H/t11-,13+;/m1./s1. The summed E-state index contributed by atoms with van der Waals surface area (Å²) < 4.78 is 6.65. The Balaban J connectivity index is 0.00000200. The first kappa shape index (κ1) is 17.4. The van der Waals surface area contributed by atoms with E-state index >= 15 is 0 Å². The van der Waals surface area contributed by atoms with Gasteiger partial charge in [0.25, 0.3) is 5.91 Å². The molecule has 1 heterocycles. The van der Waals surface area contributed by atoms with E-state index in [2.05, 4.69) is 15.9 Å². The maximum Gasteiger partial charge on any atom is 0.251 e. The molecule has 0 saturated carbocycles. The molecule has 2 N–H and O–H groups in total. The number of likely N-dealkylation sites (N-methyl/N-ethyl adjacent to an activating group) is 1. The zero-order valence-electron chi connectivity index (χ0n) is 11.4. The van der Waals surface area contributed by atoms with Crippen molar-refractivity contribution in [3.63, 3.8) is 0 Å². The summed E-state index contributed by atoms with van der Waals surface area (Å²) >= 11 is 3.49. The molecule has 0 aromatic heterocycles. The minimum atomic E-state index is -0.332. The van der Waals surface area contributed by atoms with Crippen LogP contribution in [0.3, 0.4) is 0 Å². The molecular formula is C14H20BrClN2O2. The molecule has 4 nitrogen and oxygen atoms in total. The lowest BCUT2D eigenvalue weighted by Crippen LogP contribution is -2.36. The first-order valence-electron chi connectivity index (χ1n) is 6.45. The second kappa shape index (κ2) is 7.98. The molecule has 0 bridgehead atoms. The Hall–Kier alpha value is -0.620. The molecule has 1 aliphatic rings. The highest BCUT2D eigenvalue weighted by molar-refractivity contribution is 9.10. The Labute approximate surface area is 134 Å². The summed E-state index contributed by atoms with van der Waals surface area (Å²) in [4.78, 5) is 14.0. The lowest BCUT2D eigenvalue weighted by molar-refractivity contribution is -0.141. The largest absolute Gasteiger partial charge is 0.364 e. The number of amides is 1. The number of benzene rings is 1. The minimum Gasteiger partial charge on any atom is -0.364 e. The van der Waals surface area contributed by atoms with Crippen LogP contribution >= 0.6 is 28.3 Å². The highest BCUT2D eigenvalue weighted by Gasteiger charge is 2.31. The van der Waals surface area contributed by atoms with Crippen molar-refractivity contribution in [2.24, 2.45) is 5.73 Å². The predicted molar refractivity (Wildman–Crippen MR) is 84.8 cm³/mol. The average molecular weight is 364 g/mol. The number of nitrogens with zero attached hydrogens (tertiary/aromatic N) is 1. The highest BCUT2D eigenvalue weighted by atomic mass is 79.9. The van der Waals surface area contributed by atoms with Crippen molar-refractivity contribution < 1.29 is 9.53 Å². The minimum absolute atomic E-state index is 0. The Kier molecular flexibility index (Phi) is 6.95. The monoisotopic (exact) mass is 362 g/mol. The van der Waals surface area contributed by atoms with Gasteiger partial charge < -0.3 is 15.4 Å². The summed E-state index contributed by atoms with van der Waals surface area (Å²) in [7, 11) is 1.81. The number of ether oxygens (including phenoxy) is 1. The van der Waals surface area contributed by atoms with E-state index in [-0.39, 0.29) is 30.5 Å². The van der Waals surface area contributed by atoms with Crippen LogP contribution in [-0.4, -0.2) is 36.6 Å². The van der Waals surface area contributed by atoms with Gasteiger partial charge in [0.2, 0.25) is 0 Å². The molecule has 2 rings (SSSR count). The third kappa shape index (κ3) is 4.19. The smallest absolute Gasteiger partial charge is 0.251 e. The van der Waals surface area contributed by atoms with E-state index in [1.54, 1.807) is 11.9 Å². The van der Waals surface area contributed by atoms with E-state index in [9.17, 15) is 4.79 Å². The molecule has 6 heteroatoms. The Bertz CT molecular complexity index is 459. The van der Waals surface area contributed by atoms with Crippen LogP contribution in [0.1, 0.15) is 18.4 Å². The van der Waals surface area contributed by atoms with E-state index in [1.165, 1.54) is 0 Å². The Morgan fingerprint density at radius 3 is 2.75 bits per heavy atom. The summed E-state index contributed by atoms with van der Waals surface area (Å²) in [6, 6.07) is 7.91. The fourth-order valence-electron chi connectivity index (χ4n) is 2.27. The molecule has 1 fully saturated rings. The van der Waals surface area contributed by atoms with Gasteiger partial charge in [0.05, 0.1) is 6.10 Å². The van der Waals surface area contributed by atoms with Gasteiger partial charge >= 0.3 is 0 Å². The summed E-state index contributed by atoms with van der Waals surface area (Å²) in [5.74, 6) is 0.0340. The first-order valence-corrected chi connectivity index (χ1v) is 7.25. The molecule has 2 atom stereocenters. The molecule has 1 aromatic rings. The SMILES string of the molecule is CN(Cc1ccccc1Br)C(=O)[C@@H]1CC[C@H](CN)O1.Cl. The quantitative estimate of drug-likeness (QED) is 0.893. The first-order chi connectivity index (χ1) is 9.11. The van der Waals surface area contributed by atoms with Gasteiger partial charge in [0.15, 0.2) is 0 Å². The summed E-state index contributed by atoms with van der Waals surface area (Å²) in [5.41, 5.74) is 6.65. The van der Waals surface area contributed by atoms with Gasteiger partial charge in [-0.3, -0.25) is 4.79 Å². The Morgan fingerprint density at radius 2 is 2.15 bits per heavy atom. The van der Waals surface area contributed by atoms with Crippen LogP contribution in [0.15, 0.2) is 28.7 Å². The molecule has 20 heavy (non-hydrogen) atoms. The van der Waals surface area contributed by atoms with Gasteiger partial charge in [0, 0.05) is 24.6 Å². The molecule has 1 aromatic carbocycles. The molecule has 1 amide bonds. The lowest BCUT2D eigenvalue weighted by Gasteiger charge is -2.22. The molecule has 0 radical (unpaired) electrons. The predicted octanol–water partition coefficient (Wildman–Crippen LogP) is 2.34. The van der Waals surface area contributed by atoms with Crippen molar-refractivity contribution in [2.45, 2.75) is 31.6 Å². The van der Waals surface area contributed by atoms with Crippen LogP contribution < -0.4 is 5.73 Å². The second-order valence-corrected chi connectivity index (χ2v) is 5.70. The van der Waals surface area contributed by atoms with Crippen molar-refractivity contribution in [1.82, 2.24) is 4.90 Å². The Morgan fingerprint density at radius 1 is 1.45 bits per heavy atom. The van der Waals surface area contributed by atoms with Gasteiger partial charge in [-0.25, -0.2) is 0 Å². The number of halogens is 2. The summed E-state index contributed by atoms with van der Waals surface area (Å²) in [6.07, 6.45) is 1.34. The van der Waals surface area contributed by atoms with Crippen molar-refractivity contribution in [1.29, 1.82) is 0 Å². The zero-order chi connectivity index (χ0) is 13.8. The van der Waals surface area contributed by atoms with Crippen molar-refractivity contribution in [3.8, 4) is 0 Å². The molecule has 1 saturated heterocycles. The fraction of sp³-hybridized carbons (Fsp3) is 0.500. The number of hydrogen-bond acceptors (Lipinski definition) is 3. The van der Waals surface area contributed by atoms with Crippen LogP contribution in [0.2, 0.25) is 0 Å². The molecule has 112 valence electrons.